The molecule has 22 heavy (non-hydrogen) atoms. The Morgan fingerprint density at radius 2 is 1.64 bits per heavy atom. The third-order valence-corrected chi connectivity index (χ3v) is 3.62. The highest BCUT2D eigenvalue weighted by Gasteiger charge is 2.02. The molecule has 0 spiro atoms. The molecule has 0 aromatic heterocycles. The van der Waals surface area contributed by atoms with Gasteiger partial charge in [-0.1, -0.05) is 48.0 Å². The Morgan fingerprint density at radius 3 is 2.41 bits per heavy atom. The van der Waals surface area contributed by atoms with Crippen LogP contribution in [0.15, 0.2) is 66.7 Å². The average molecular weight is 311 g/mol. The van der Waals surface area contributed by atoms with Gasteiger partial charge in [0.25, 0.3) is 0 Å². The molecule has 0 bridgehead atoms. The van der Waals surface area contributed by atoms with Crippen LogP contribution in [-0.4, -0.2) is 6.03 Å². The number of hydrogen-bond donors (Lipinski definition) is 2. The van der Waals surface area contributed by atoms with E-state index >= 15 is 0 Å². The summed E-state index contributed by atoms with van der Waals surface area (Å²) < 4.78 is 0. The summed E-state index contributed by atoms with van der Waals surface area (Å²) >= 11 is 5.81. The first-order chi connectivity index (χ1) is 10.7. The molecule has 2 amide bonds. The van der Waals surface area contributed by atoms with E-state index < -0.39 is 0 Å². The van der Waals surface area contributed by atoms with Crippen LogP contribution in [0.2, 0.25) is 5.02 Å². The summed E-state index contributed by atoms with van der Waals surface area (Å²) in [5, 5.41) is 8.61. The number of nitrogens with one attached hydrogen (secondary N) is 2. The Bertz CT molecular complexity index is 800. The molecule has 0 radical (unpaired) electrons. The minimum Gasteiger partial charge on any atom is -0.334 e. The van der Waals surface area contributed by atoms with Crippen LogP contribution in [0.5, 0.6) is 0 Å². The zero-order valence-corrected chi connectivity index (χ0v) is 12.6. The third-order valence-electron chi connectivity index (χ3n) is 3.37. The predicted molar refractivity (Wildman–Crippen MR) is 91.3 cm³/mol. The fourth-order valence-corrected chi connectivity index (χ4v) is 2.37. The zero-order valence-electron chi connectivity index (χ0n) is 11.8. The van der Waals surface area contributed by atoms with Gasteiger partial charge in [0.15, 0.2) is 0 Å². The smallest absolute Gasteiger partial charge is 0.319 e. The molecule has 3 rings (SSSR count). The van der Waals surface area contributed by atoms with Gasteiger partial charge in [-0.3, -0.25) is 0 Å². The van der Waals surface area contributed by atoms with Crippen molar-refractivity contribution in [1.82, 2.24) is 5.32 Å². The second-order valence-corrected chi connectivity index (χ2v) is 5.43. The lowest BCUT2D eigenvalue weighted by molar-refractivity contribution is 0.251. The standard InChI is InChI=1S/C18H15ClN2O/c19-16-7-9-17(10-8-16)21-18(22)20-12-13-5-6-14-3-1-2-4-15(14)11-13/h1-11H,12H2,(H2,20,21,22). The second kappa shape index (κ2) is 6.50. The van der Waals surface area contributed by atoms with Gasteiger partial charge >= 0.3 is 6.03 Å². The number of anilines is 1. The van der Waals surface area contributed by atoms with Gasteiger partial charge in [-0.2, -0.15) is 0 Å². The largest absolute Gasteiger partial charge is 0.334 e. The summed E-state index contributed by atoms with van der Waals surface area (Å²) in [5.41, 5.74) is 1.77. The van der Waals surface area contributed by atoms with Gasteiger partial charge < -0.3 is 10.6 Å². The van der Waals surface area contributed by atoms with Crippen LogP contribution in [0, 0.1) is 0 Å². The number of carbonyl (C=O) groups is 1. The highest BCUT2D eigenvalue weighted by Crippen LogP contribution is 2.16. The van der Waals surface area contributed by atoms with E-state index in [0.29, 0.717) is 17.3 Å². The number of rotatable bonds is 3. The molecule has 0 heterocycles. The number of carbonyl (C=O) groups excluding carboxylic acids is 1. The number of halogens is 1. The molecular weight excluding hydrogens is 296 g/mol. The Balaban J connectivity index is 1.60. The zero-order chi connectivity index (χ0) is 15.4. The lowest BCUT2D eigenvalue weighted by atomic mass is 10.1. The first kappa shape index (κ1) is 14.4. The predicted octanol–water partition coefficient (Wildman–Crippen LogP) is 4.81. The quantitative estimate of drug-likeness (QED) is 0.716. The fourth-order valence-electron chi connectivity index (χ4n) is 2.24. The molecule has 0 atom stereocenters. The summed E-state index contributed by atoms with van der Waals surface area (Å²) in [6.45, 7) is 0.476. The van der Waals surface area contributed by atoms with Gasteiger partial charge in [-0.05, 0) is 46.7 Å². The van der Waals surface area contributed by atoms with Gasteiger partial charge in [-0.15, -0.1) is 0 Å². The summed E-state index contributed by atoms with van der Waals surface area (Å²) in [4.78, 5) is 11.9. The van der Waals surface area contributed by atoms with Crippen LogP contribution in [0.25, 0.3) is 10.8 Å². The highest BCUT2D eigenvalue weighted by atomic mass is 35.5. The van der Waals surface area contributed by atoms with Crippen molar-refractivity contribution in [2.45, 2.75) is 6.54 Å². The Morgan fingerprint density at radius 1 is 0.909 bits per heavy atom. The van der Waals surface area contributed by atoms with Crippen LogP contribution in [0.4, 0.5) is 10.5 Å². The number of benzene rings is 3. The van der Waals surface area contributed by atoms with Crippen molar-refractivity contribution in [2.75, 3.05) is 5.32 Å². The molecule has 0 saturated heterocycles. The van der Waals surface area contributed by atoms with Crippen LogP contribution < -0.4 is 10.6 Å². The van der Waals surface area contributed by atoms with Crippen LogP contribution in [-0.2, 0) is 6.54 Å². The molecule has 3 nitrogen and oxygen atoms in total. The summed E-state index contributed by atoms with van der Waals surface area (Å²) in [6, 6.07) is 21.1. The van der Waals surface area contributed by atoms with Gasteiger partial charge in [0.05, 0.1) is 0 Å². The van der Waals surface area contributed by atoms with Crippen molar-refractivity contribution < 1.29 is 4.79 Å². The Hall–Kier alpha value is -2.52. The van der Waals surface area contributed by atoms with E-state index in [4.69, 9.17) is 11.6 Å². The molecule has 0 saturated carbocycles. The molecule has 3 aromatic rings. The van der Waals surface area contributed by atoms with Gasteiger partial charge in [0.2, 0.25) is 0 Å². The van der Waals surface area contributed by atoms with E-state index in [-0.39, 0.29) is 6.03 Å². The minimum absolute atomic E-state index is 0.240. The highest BCUT2D eigenvalue weighted by molar-refractivity contribution is 6.30. The fraction of sp³-hybridized carbons (Fsp3) is 0.0556. The van der Waals surface area contributed by atoms with Crippen LogP contribution >= 0.6 is 11.6 Å². The topological polar surface area (TPSA) is 41.1 Å². The molecule has 0 unspecified atom stereocenters. The lowest BCUT2D eigenvalue weighted by Crippen LogP contribution is -2.28. The Kier molecular flexibility index (Phi) is 4.26. The normalized spacial score (nSPS) is 10.4. The van der Waals surface area contributed by atoms with Gasteiger partial charge in [0.1, 0.15) is 0 Å². The summed E-state index contributed by atoms with van der Waals surface area (Å²) in [7, 11) is 0. The monoisotopic (exact) mass is 310 g/mol. The van der Waals surface area contributed by atoms with Crippen LogP contribution in [0.1, 0.15) is 5.56 Å². The summed E-state index contributed by atoms with van der Waals surface area (Å²) in [6.07, 6.45) is 0. The van der Waals surface area contributed by atoms with E-state index in [0.717, 1.165) is 5.56 Å². The Labute approximate surface area is 133 Å². The molecule has 0 aliphatic carbocycles. The van der Waals surface area contributed by atoms with Crippen molar-refractivity contribution in [3.05, 3.63) is 77.3 Å². The number of hydrogen-bond acceptors (Lipinski definition) is 1. The number of fused-ring (bicyclic) bond motifs is 1. The first-order valence-electron chi connectivity index (χ1n) is 6.99. The lowest BCUT2D eigenvalue weighted by Gasteiger charge is -2.08. The summed E-state index contributed by atoms with van der Waals surface area (Å²) in [5.74, 6) is 0. The molecule has 110 valence electrons. The number of urea groups is 1. The SMILES string of the molecule is O=C(NCc1ccc2ccccc2c1)Nc1ccc(Cl)cc1. The molecule has 2 N–H and O–H groups in total. The molecule has 3 aromatic carbocycles. The maximum atomic E-state index is 11.9. The van der Waals surface area contributed by atoms with Crippen molar-refractivity contribution in [3.63, 3.8) is 0 Å². The van der Waals surface area contributed by atoms with E-state index in [2.05, 4.69) is 34.9 Å². The third kappa shape index (κ3) is 3.57. The molecule has 0 aliphatic heterocycles. The van der Waals surface area contributed by atoms with E-state index in [9.17, 15) is 4.79 Å². The molecule has 4 heteroatoms. The van der Waals surface area contributed by atoms with E-state index in [1.165, 1.54) is 10.8 Å². The first-order valence-corrected chi connectivity index (χ1v) is 7.36. The van der Waals surface area contributed by atoms with Gasteiger partial charge in [-0.25, -0.2) is 4.79 Å². The van der Waals surface area contributed by atoms with Crippen molar-refractivity contribution in [3.8, 4) is 0 Å². The average Bonchev–Trinajstić information content (AvgIpc) is 2.55. The van der Waals surface area contributed by atoms with Crippen molar-refractivity contribution in [1.29, 1.82) is 0 Å². The van der Waals surface area contributed by atoms with Crippen LogP contribution in [0.3, 0.4) is 0 Å². The number of amides is 2. The van der Waals surface area contributed by atoms with Gasteiger partial charge in [0, 0.05) is 17.3 Å². The second-order valence-electron chi connectivity index (χ2n) is 5.00. The molecule has 0 aliphatic rings. The minimum atomic E-state index is -0.240. The molecular formula is C18H15ClN2O. The maximum Gasteiger partial charge on any atom is 0.319 e. The van der Waals surface area contributed by atoms with E-state index in [1.54, 1.807) is 24.3 Å². The van der Waals surface area contributed by atoms with Crippen molar-refractivity contribution >= 4 is 34.1 Å². The van der Waals surface area contributed by atoms with Crippen molar-refractivity contribution in [2.24, 2.45) is 0 Å². The van der Waals surface area contributed by atoms with E-state index in [1.807, 2.05) is 18.2 Å². The maximum absolute atomic E-state index is 11.9. The molecule has 0 fully saturated rings.